The van der Waals surface area contributed by atoms with E-state index in [1.807, 2.05) is 28.8 Å². The van der Waals surface area contributed by atoms with Gasteiger partial charge in [-0.05, 0) is 38.5 Å². The number of hydrogen-bond acceptors (Lipinski definition) is 4. The van der Waals surface area contributed by atoms with Gasteiger partial charge < -0.3 is 19.2 Å². The normalized spacial score (nSPS) is 11.0. The van der Waals surface area contributed by atoms with E-state index in [1.165, 1.54) is 0 Å². The fraction of sp³-hybridized carbons (Fsp3) is 0.350. The van der Waals surface area contributed by atoms with Crippen molar-refractivity contribution < 1.29 is 14.3 Å². The molecule has 0 saturated carbocycles. The highest BCUT2D eigenvalue weighted by Crippen LogP contribution is 2.20. The second-order valence-electron chi connectivity index (χ2n) is 6.50. The molecule has 3 aromatic rings. The Hall–Kier alpha value is -3.09. The van der Waals surface area contributed by atoms with Gasteiger partial charge in [-0.3, -0.25) is 4.79 Å². The second-order valence-corrected chi connectivity index (χ2v) is 6.50. The minimum atomic E-state index is -0.407. The van der Waals surface area contributed by atoms with Crippen molar-refractivity contribution in [2.24, 2.45) is 0 Å². The third-order valence-electron chi connectivity index (χ3n) is 4.68. The number of esters is 1. The van der Waals surface area contributed by atoms with Crippen LogP contribution >= 0.6 is 0 Å². The van der Waals surface area contributed by atoms with Crippen LogP contribution < -0.4 is 0 Å². The lowest BCUT2D eigenvalue weighted by Crippen LogP contribution is -2.30. The number of ether oxygens (including phenoxy) is 1. The molecule has 2 heterocycles. The minimum absolute atomic E-state index is 0.157. The summed E-state index contributed by atoms with van der Waals surface area (Å²) in [6.45, 7) is 6.74. The largest absolute Gasteiger partial charge is 0.462 e. The average molecular weight is 368 g/mol. The number of carbonyl (C=O) groups excluding carboxylic acids is 2. The summed E-state index contributed by atoms with van der Waals surface area (Å²) in [6, 6.07) is 7.89. The van der Waals surface area contributed by atoms with Crippen molar-refractivity contribution >= 4 is 22.9 Å². The highest BCUT2D eigenvalue weighted by atomic mass is 16.5. The molecule has 0 saturated heterocycles. The van der Waals surface area contributed by atoms with Crippen LogP contribution in [0.25, 0.3) is 11.0 Å². The Morgan fingerprint density at radius 3 is 2.74 bits per heavy atom. The molecule has 2 aromatic heterocycles. The van der Waals surface area contributed by atoms with Gasteiger partial charge in [0.2, 0.25) is 0 Å². The number of aryl methyl sites for hydroxylation is 1. The van der Waals surface area contributed by atoms with E-state index in [0.717, 1.165) is 11.0 Å². The van der Waals surface area contributed by atoms with Crippen molar-refractivity contribution in [3.8, 4) is 0 Å². The standard InChI is InChI=1S/C20H24N4O3/c1-5-27-20(26)17-13(2)18(22-14(17)3)19(25)23(4)10-11-24-12-21-15-8-6-7-9-16(15)24/h6-9,12,22H,5,10-11H2,1-4H3. The first-order valence-electron chi connectivity index (χ1n) is 8.95. The van der Waals surface area contributed by atoms with Crippen molar-refractivity contribution in [3.05, 3.63) is 53.1 Å². The van der Waals surface area contributed by atoms with Gasteiger partial charge >= 0.3 is 5.97 Å². The van der Waals surface area contributed by atoms with Crippen LogP contribution in [0.15, 0.2) is 30.6 Å². The number of likely N-dealkylation sites (N-methyl/N-ethyl adjacent to an activating group) is 1. The number of nitrogens with one attached hydrogen (secondary N) is 1. The molecule has 3 rings (SSSR count). The fourth-order valence-corrected chi connectivity index (χ4v) is 3.21. The number of para-hydroxylation sites is 2. The number of benzene rings is 1. The lowest BCUT2D eigenvalue weighted by molar-refractivity contribution is 0.0525. The summed E-state index contributed by atoms with van der Waals surface area (Å²) in [7, 11) is 1.75. The third kappa shape index (κ3) is 3.58. The van der Waals surface area contributed by atoms with Gasteiger partial charge in [0.25, 0.3) is 5.91 Å². The smallest absolute Gasteiger partial charge is 0.340 e. The van der Waals surface area contributed by atoms with E-state index in [1.54, 1.807) is 39.0 Å². The van der Waals surface area contributed by atoms with Gasteiger partial charge in [0.05, 0.1) is 29.5 Å². The Kier molecular flexibility index (Phi) is 5.30. The SMILES string of the molecule is CCOC(=O)c1c(C)[nH]c(C(=O)N(C)CCn2cnc3ccccc32)c1C. The van der Waals surface area contributed by atoms with E-state index in [2.05, 4.69) is 9.97 Å². The summed E-state index contributed by atoms with van der Waals surface area (Å²) in [4.78, 5) is 34.0. The Morgan fingerprint density at radius 2 is 2.00 bits per heavy atom. The van der Waals surface area contributed by atoms with Crippen molar-refractivity contribution in [1.82, 2.24) is 19.4 Å². The molecule has 1 aromatic carbocycles. The molecule has 0 radical (unpaired) electrons. The zero-order chi connectivity index (χ0) is 19.6. The van der Waals surface area contributed by atoms with E-state index in [-0.39, 0.29) is 5.91 Å². The quantitative estimate of drug-likeness (QED) is 0.679. The van der Waals surface area contributed by atoms with Gasteiger partial charge in [-0.1, -0.05) is 12.1 Å². The van der Waals surface area contributed by atoms with Crippen LogP contribution in [0.2, 0.25) is 0 Å². The summed E-state index contributed by atoms with van der Waals surface area (Å²) in [5.41, 5.74) is 4.10. The minimum Gasteiger partial charge on any atom is -0.462 e. The summed E-state index contributed by atoms with van der Waals surface area (Å²) < 4.78 is 7.11. The van der Waals surface area contributed by atoms with Crippen LogP contribution in [0.5, 0.6) is 0 Å². The first kappa shape index (κ1) is 18.7. The zero-order valence-corrected chi connectivity index (χ0v) is 16.1. The molecule has 0 unspecified atom stereocenters. The number of imidazole rings is 1. The predicted octanol–water partition coefficient (Wildman–Crippen LogP) is 2.93. The summed E-state index contributed by atoms with van der Waals surface area (Å²) in [5, 5.41) is 0. The van der Waals surface area contributed by atoms with Crippen molar-refractivity contribution in [2.45, 2.75) is 27.3 Å². The number of carbonyl (C=O) groups is 2. The second kappa shape index (κ2) is 7.65. The molecule has 0 aliphatic carbocycles. The Morgan fingerprint density at radius 1 is 1.26 bits per heavy atom. The highest BCUT2D eigenvalue weighted by molar-refractivity contribution is 6.00. The van der Waals surface area contributed by atoms with Gasteiger partial charge in [0.15, 0.2) is 0 Å². The van der Waals surface area contributed by atoms with Crippen LogP contribution in [-0.2, 0) is 11.3 Å². The molecule has 27 heavy (non-hydrogen) atoms. The molecule has 1 amide bonds. The van der Waals surface area contributed by atoms with E-state index in [0.29, 0.717) is 42.2 Å². The van der Waals surface area contributed by atoms with Gasteiger partial charge in [0.1, 0.15) is 5.69 Å². The van der Waals surface area contributed by atoms with Crippen LogP contribution in [0, 0.1) is 13.8 Å². The number of nitrogens with zero attached hydrogens (tertiary/aromatic N) is 3. The molecule has 7 nitrogen and oxygen atoms in total. The van der Waals surface area contributed by atoms with E-state index in [9.17, 15) is 9.59 Å². The first-order chi connectivity index (χ1) is 12.9. The number of fused-ring (bicyclic) bond motifs is 1. The van der Waals surface area contributed by atoms with Crippen molar-refractivity contribution in [1.29, 1.82) is 0 Å². The molecule has 0 bridgehead atoms. The molecular formula is C20H24N4O3. The summed E-state index contributed by atoms with van der Waals surface area (Å²) in [6.07, 6.45) is 1.78. The highest BCUT2D eigenvalue weighted by Gasteiger charge is 2.24. The molecule has 0 aliphatic heterocycles. The molecule has 7 heteroatoms. The third-order valence-corrected chi connectivity index (χ3v) is 4.68. The molecule has 0 fully saturated rings. The lowest BCUT2D eigenvalue weighted by Gasteiger charge is -2.17. The Balaban J connectivity index is 1.74. The zero-order valence-electron chi connectivity index (χ0n) is 16.1. The Labute approximate surface area is 157 Å². The van der Waals surface area contributed by atoms with E-state index >= 15 is 0 Å². The van der Waals surface area contributed by atoms with Crippen LogP contribution in [0.3, 0.4) is 0 Å². The molecule has 142 valence electrons. The van der Waals surface area contributed by atoms with Crippen LogP contribution in [0.4, 0.5) is 0 Å². The number of aromatic amines is 1. The maximum atomic E-state index is 12.9. The number of hydrogen-bond donors (Lipinski definition) is 1. The Bertz CT molecular complexity index is 986. The summed E-state index contributed by atoms with van der Waals surface area (Å²) in [5.74, 6) is -0.564. The number of H-pyrrole nitrogens is 1. The van der Waals surface area contributed by atoms with Gasteiger partial charge in [-0.15, -0.1) is 0 Å². The van der Waals surface area contributed by atoms with Crippen LogP contribution in [0.1, 0.15) is 39.0 Å². The first-order valence-corrected chi connectivity index (χ1v) is 8.95. The molecular weight excluding hydrogens is 344 g/mol. The van der Waals surface area contributed by atoms with Gasteiger partial charge in [0, 0.05) is 25.8 Å². The van der Waals surface area contributed by atoms with E-state index < -0.39 is 5.97 Å². The molecule has 0 atom stereocenters. The predicted molar refractivity (Wildman–Crippen MR) is 103 cm³/mol. The van der Waals surface area contributed by atoms with Gasteiger partial charge in [-0.2, -0.15) is 0 Å². The molecule has 1 N–H and O–H groups in total. The topological polar surface area (TPSA) is 80.2 Å². The number of aromatic nitrogens is 3. The lowest BCUT2D eigenvalue weighted by atomic mass is 10.1. The average Bonchev–Trinajstić information content (AvgIpc) is 3.19. The van der Waals surface area contributed by atoms with Crippen molar-refractivity contribution in [2.75, 3.05) is 20.2 Å². The van der Waals surface area contributed by atoms with Gasteiger partial charge in [-0.25, -0.2) is 9.78 Å². The monoisotopic (exact) mass is 368 g/mol. The maximum Gasteiger partial charge on any atom is 0.340 e. The number of rotatable bonds is 6. The maximum absolute atomic E-state index is 12.9. The van der Waals surface area contributed by atoms with Crippen LogP contribution in [-0.4, -0.2) is 51.5 Å². The molecule has 0 aliphatic rings. The van der Waals surface area contributed by atoms with Crippen molar-refractivity contribution in [3.63, 3.8) is 0 Å². The fourth-order valence-electron chi connectivity index (χ4n) is 3.21. The summed E-state index contributed by atoms with van der Waals surface area (Å²) >= 11 is 0. The number of amides is 1. The molecule has 0 spiro atoms. The van der Waals surface area contributed by atoms with E-state index in [4.69, 9.17) is 4.74 Å².